The van der Waals surface area contributed by atoms with Crippen LogP contribution in [0.5, 0.6) is 0 Å². The van der Waals surface area contributed by atoms with E-state index in [1.807, 2.05) is 0 Å². The van der Waals surface area contributed by atoms with E-state index in [1.165, 1.54) is 22.3 Å². The second-order valence-corrected chi connectivity index (χ2v) is 4.55. The molecule has 18 heavy (non-hydrogen) atoms. The van der Waals surface area contributed by atoms with E-state index >= 15 is 0 Å². The lowest BCUT2D eigenvalue weighted by Crippen LogP contribution is -2.24. The molecule has 1 amide bonds. The number of halogens is 1. The first-order valence-electron chi connectivity index (χ1n) is 6.08. The maximum absolute atomic E-state index is 11.5. The first-order valence-corrected chi connectivity index (χ1v) is 6.08. The molecule has 1 rings (SSSR count). The SMILES string of the molecule is Cc1cc(C)c(CNC(=O)CCCN)c(C)c1.Cl. The lowest BCUT2D eigenvalue weighted by Gasteiger charge is -2.12. The molecule has 0 saturated heterocycles. The van der Waals surface area contributed by atoms with Crippen LogP contribution in [0, 0.1) is 20.8 Å². The van der Waals surface area contributed by atoms with Crippen molar-refractivity contribution in [1.29, 1.82) is 0 Å². The van der Waals surface area contributed by atoms with Crippen molar-refractivity contribution in [3.8, 4) is 0 Å². The van der Waals surface area contributed by atoms with Crippen LogP contribution >= 0.6 is 12.4 Å². The summed E-state index contributed by atoms with van der Waals surface area (Å²) in [7, 11) is 0. The molecule has 0 unspecified atom stereocenters. The fourth-order valence-electron chi connectivity index (χ4n) is 2.03. The fraction of sp³-hybridized carbons (Fsp3) is 0.500. The zero-order chi connectivity index (χ0) is 12.8. The van der Waals surface area contributed by atoms with Gasteiger partial charge in [-0.2, -0.15) is 0 Å². The monoisotopic (exact) mass is 270 g/mol. The van der Waals surface area contributed by atoms with Gasteiger partial charge >= 0.3 is 0 Å². The van der Waals surface area contributed by atoms with Gasteiger partial charge in [-0.25, -0.2) is 0 Å². The molecule has 1 aromatic rings. The Labute approximate surface area is 116 Å². The lowest BCUT2D eigenvalue weighted by atomic mass is 10.00. The van der Waals surface area contributed by atoms with Gasteiger partial charge in [0.25, 0.3) is 0 Å². The zero-order valence-electron chi connectivity index (χ0n) is 11.4. The molecule has 4 heteroatoms. The Balaban J connectivity index is 0.00000289. The van der Waals surface area contributed by atoms with Gasteiger partial charge in [0, 0.05) is 13.0 Å². The number of amides is 1. The minimum Gasteiger partial charge on any atom is -0.352 e. The Hall–Kier alpha value is -1.06. The summed E-state index contributed by atoms with van der Waals surface area (Å²) < 4.78 is 0. The largest absolute Gasteiger partial charge is 0.352 e. The number of rotatable bonds is 5. The summed E-state index contributed by atoms with van der Waals surface area (Å²) in [5.74, 6) is 0.0785. The molecule has 0 heterocycles. The van der Waals surface area contributed by atoms with Crippen LogP contribution in [0.25, 0.3) is 0 Å². The summed E-state index contributed by atoms with van der Waals surface area (Å²) in [5.41, 5.74) is 10.3. The van der Waals surface area contributed by atoms with Crippen molar-refractivity contribution >= 4 is 18.3 Å². The molecule has 0 fully saturated rings. The molecule has 0 aliphatic carbocycles. The molecule has 0 saturated carbocycles. The third-order valence-electron chi connectivity index (χ3n) is 2.91. The van der Waals surface area contributed by atoms with Gasteiger partial charge < -0.3 is 11.1 Å². The average Bonchev–Trinajstić information content (AvgIpc) is 2.24. The molecule has 0 aliphatic rings. The minimum absolute atomic E-state index is 0. The van der Waals surface area contributed by atoms with E-state index in [0.717, 1.165) is 6.42 Å². The molecular weight excluding hydrogens is 248 g/mol. The number of nitrogens with two attached hydrogens (primary N) is 1. The summed E-state index contributed by atoms with van der Waals surface area (Å²) in [4.78, 5) is 11.5. The van der Waals surface area contributed by atoms with Gasteiger partial charge in [-0.1, -0.05) is 17.7 Å². The minimum atomic E-state index is 0. The van der Waals surface area contributed by atoms with Crippen molar-refractivity contribution in [3.05, 3.63) is 34.4 Å². The molecule has 0 aromatic heterocycles. The summed E-state index contributed by atoms with van der Waals surface area (Å²) >= 11 is 0. The van der Waals surface area contributed by atoms with Crippen molar-refractivity contribution in [2.24, 2.45) is 5.73 Å². The van der Waals surface area contributed by atoms with Crippen LogP contribution in [0.4, 0.5) is 0 Å². The van der Waals surface area contributed by atoms with E-state index in [1.54, 1.807) is 0 Å². The Bertz CT molecular complexity index is 382. The van der Waals surface area contributed by atoms with Gasteiger partial charge in [0.1, 0.15) is 0 Å². The number of nitrogens with one attached hydrogen (secondary N) is 1. The topological polar surface area (TPSA) is 55.1 Å². The van der Waals surface area contributed by atoms with E-state index in [-0.39, 0.29) is 18.3 Å². The predicted octanol–water partition coefficient (Wildman–Crippen LogP) is 2.39. The Morgan fingerprint density at radius 1 is 1.22 bits per heavy atom. The third kappa shape index (κ3) is 5.07. The molecule has 3 nitrogen and oxygen atoms in total. The second-order valence-electron chi connectivity index (χ2n) is 4.55. The Morgan fingerprint density at radius 3 is 2.28 bits per heavy atom. The Kier molecular flexibility index (Phi) is 7.64. The van der Waals surface area contributed by atoms with Crippen LogP contribution in [0.15, 0.2) is 12.1 Å². The predicted molar refractivity (Wildman–Crippen MR) is 78.0 cm³/mol. The average molecular weight is 271 g/mol. The second kappa shape index (κ2) is 8.11. The van der Waals surface area contributed by atoms with Crippen molar-refractivity contribution in [2.75, 3.05) is 6.54 Å². The van der Waals surface area contributed by atoms with Crippen LogP contribution in [0.1, 0.15) is 35.1 Å². The first-order chi connectivity index (χ1) is 8.04. The van der Waals surface area contributed by atoms with Crippen LogP contribution in [0.2, 0.25) is 0 Å². The lowest BCUT2D eigenvalue weighted by molar-refractivity contribution is -0.121. The number of benzene rings is 1. The number of hydrogen-bond donors (Lipinski definition) is 2. The van der Waals surface area contributed by atoms with Gasteiger partial charge in [0.05, 0.1) is 0 Å². The number of carbonyl (C=O) groups excluding carboxylic acids is 1. The first kappa shape index (κ1) is 16.9. The molecule has 102 valence electrons. The molecule has 0 spiro atoms. The fourth-order valence-corrected chi connectivity index (χ4v) is 2.03. The smallest absolute Gasteiger partial charge is 0.220 e. The molecule has 0 bridgehead atoms. The Morgan fingerprint density at radius 2 is 1.78 bits per heavy atom. The molecule has 0 atom stereocenters. The molecular formula is C14H23ClN2O. The summed E-state index contributed by atoms with van der Waals surface area (Å²) in [5, 5.41) is 2.94. The van der Waals surface area contributed by atoms with Crippen molar-refractivity contribution < 1.29 is 4.79 Å². The van der Waals surface area contributed by atoms with Crippen molar-refractivity contribution in [1.82, 2.24) is 5.32 Å². The molecule has 0 radical (unpaired) electrons. The van der Waals surface area contributed by atoms with Gasteiger partial charge in [-0.05, 0) is 50.4 Å². The quantitative estimate of drug-likeness (QED) is 0.863. The van der Waals surface area contributed by atoms with Gasteiger partial charge in [0.15, 0.2) is 0 Å². The summed E-state index contributed by atoms with van der Waals surface area (Å²) in [6.45, 7) is 7.43. The highest BCUT2D eigenvalue weighted by atomic mass is 35.5. The number of hydrogen-bond acceptors (Lipinski definition) is 2. The highest BCUT2D eigenvalue weighted by Crippen LogP contribution is 2.15. The van der Waals surface area contributed by atoms with Crippen molar-refractivity contribution in [3.63, 3.8) is 0 Å². The van der Waals surface area contributed by atoms with Crippen LogP contribution in [0.3, 0.4) is 0 Å². The number of aryl methyl sites for hydroxylation is 3. The van der Waals surface area contributed by atoms with Gasteiger partial charge in [0.2, 0.25) is 5.91 Å². The normalized spacial score (nSPS) is 9.78. The number of carbonyl (C=O) groups is 1. The van der Waals surface area contributed by atoms with E-state index < -0.39 is 0 Å². The maximum Gasteiger partial charge on any atom is 0.220 e. The highest BCUT2D eigenvalue weighted by molar-refractivity contribution is 5.85. The summed E-state index contributed by atoms with van der Waals surface area (Å²) in [6.07, 6.45) is 1.26. The maximum atomic E-state index is 11.5. The highest BCUT2D eigenvalue weighted by Gasteiger charge is 2.06. The van der Waals surface area contributed by atoms with Crippen LogP contribution in [-0.2, 0) is 11.3 Å². The standard InChI is InChI=1S/C14H22N2O.ClH/c1-10-7-11(2)13(12(3)8-10)9-16-14(17)5-4-6-15;/h7-8H,4-6,9,15H2,1-3H3,(H,16,17);1H. The van der Waals surface area contributed by atoms with E-state index in [2.05, 4.69) is 38.2 Å². The third-order valence-corrected chi connectivity index (χ3v) is 2.91. The molecule has 3 N–H and O–H groups in total. The van der Waals surface area contributed by atoms with E-state index in [0.29, 0.717) is 19.5 Å². The van der Waals surface area contributed by atoms with Gasteiger partial charge in [-0.15, -0.1) is 12.4 Å². The van der Waals surface area contributed by atoms with Crippen molar-refractivity contribution in [2.45, 2.75) is 40.2 Å². The van der Waals surface area contributed by atoms with Gasteiger partial charge in [-0.3, -0.25) is 4.79 Å². The van der Waals surface area contributed by atoms with E-state index in [9.17, 15) is 4.79 Å². The van der Waals surface area contributed by atoms with Crippen LogP contribution < -0.4 is 11.1 Å². The summed E-state index contributed by atoms with van der Waals surface area (Å²) in [6, 6.07) is 4.29. The van der Waals surface area contributed by atoms with E-state index in [4.69, 9.17) is 5.73 Å². The molecule has 1 aromatic carbocycles. The molecule has 0 aliphatic heterocycles. The van der Waals surface area contributed by atoms with Crippen LogP contribution in [-0.4, -0.2) is 12.5 Å². The zero-order valence-corrected chi connectivity index (χ0v) is 12.2.